The Morgan fingerprint density at radius 3 is 2.30 bits per heavy atom. The zero-order valence-corrected chi connectivity index (χ0v) is 19.3. The number of rotatable bonds is 7. The molecule has 1 atom stereocenters. The molecule has 9 nitrogen and oxygen atoms in total. The molecule has 3 aromatic carbocycles. The van der Waals surface area contributed by atoms with Crippen LogP contribution < -0.4 is 9.03 Å². The minimum absolute atomic E-state index is 0.121. The first kappa shape index (κ1) is 22.7. The van der Waals surface area contributed by atoms with Gasteiger partial charge in [-0.15, -0.1) is 0 Å². The normalized spacial score (nSPS) is 15.3. The Morgan fingerprint density at radius 1 is 1.03 bits per heavy atom. The van der Waals surface area contributed by atoms with Gasteiger partial charge in [0.15, 0.2) is 6.10 Å². The van der Waals surface area contributed by atoms with Gasteiger partial charge in [-0.3, -0.25) is 18.6 Å². The fraction of sp³-hybridized carbons (Fsp3) is 0.182. The third kappa shape index (κ3) is 4.41. The molecule has 172 valence electrons. The van der Waals surface area contributed by atoms with E-state index in [4.69, 9.17) is 4.74 Å². The first-order valence-corrected chi connectivity index (χ1v) is 13.2. The lowest BCUT2D eigenvalue weighted by Gasteiger charge is -2.19. The van der Waals surface area contributed by atoms with Gasteiger partial charge in [0, 0.05) is 16.6 Å². The standard InChI is InChI=1S/C22H20N2O7S2/c1-14(22(26)16-9-11-17(12-10-16)23-32(2,27)28)31-20(25)13-24-18-7-3-5-15-6-4-8-19(21(15)18)33(24,29)30/h3-12,14,23H,13H2,1-2H3. The second kappa shape index (κ2) is 8.16. The number of hydrogen-bond acceptors (Lipinski definition) is 7. The van der Waals surface area contributed by atoms with E-state index in [1.807, 2.05) is 0 Å². The minimum atomic E-state index is -3.93. The Morgan fingerprint density at radius 2 is 1.67 bits per heavy atom. The summed E-state index contributed by atoms with van der Waals surface area (Å²) in [7, 11) is -7.39. The number of nitrogens with zero attached hydrogens (tertiary/aromatic N) is 1. The van der Waals surface area contributed by atoms with Gasteiger partial charge in [-0.2, -0.15) is 0 Å². The molecular formula is C22H20N2O7S2. The van der Waals surface area contributed by atoms with Crippen molar-refractivity contribution in [3.63, 3.8) is 0 Å². The second-order valence-electron chi connectivity index (χ2n) is 7.59. The number of ether oxygens (including phenoxy) is 1. The molecule has 0 amide bonds. The van der Waals surface area contributed by atoms with Gasteiger partial charge in [0.2, 0.25) is 15.8 Å². The van der Waals surface area contributed by atoms with Gasteiger partial charge >= 0.3 is 5.97 Å². The number of ketones is 1. The molecule has 0 fully saturated rings. The van der Waals surface area contributed by atoms with E-state index >= 15 is 0 Å². The summed E-state index contributed by atoms with van der Waals surface area (Å²) in [6, 6.07) is 15.7. The summed E-state index contributed by atoms with van der Waals surface area (Å²) < 4.78 is 57.0. The molecule has 1 heterocycles. The molecule has 0 aliphatic carbocycles. The number of Topliss-reactive ketones (excluding diaryl/α,β-unsaturated/α-hetero) is 1. The molecule has 0 saturated carbocycles. The molecule has 0 radical (unpaired) electrons. The van der Waals surface area contributed by atoms with Gasteiger partial charge in [-0.05, 0) is 48.7 Å². The number of nitrogens with one attached hydrogen (secondary N) is 1. The van der Waals surface area contributed by atoms with Gasteiger partial charge in [0.1, 0.15) is 6.54 Å². The predicted octanol–water partition coefficient (Wildman–Crippen LogP) is 2.53. The highest BCUT2D eigenvalue weighted by Crippen LogP contribution is 2.41. The molecule has 4 rings (SSSR count). The van der Waals surface area contributed by atoms with E-state index < -0.39 is 44.4 Å². The Balaban J connectivity index is 1.47. The van der Waals surface area contributed by atoms with Crippen LogP contribution in [0.25, 0.3) is 10.8 Å². The average molecular weight is 489 g/mol. The zero-order chi connectivity index (χ0) is 24.0. The summed E-state index contributed by atoms with van der Waals surface area (Å²) in [6.45, 7) is 0.807. The molecule has 11 heteroatoms. The van der Waals surface area contributed by atoms with Crippen LogP contribution in [0.2, 0.25) is 0 Å². The Labute approximate surface area is 191 Å². The number of sulfonamides is 2. The Bertz CT molecular complexity index is 1480. The molecule has 0 bridgehead atoms. The van der Waals surface area contributed by atoms with Gasteiger partial charge in [-0.1, -0.05) is 24.3 Å². The predicted molar refractivity (Wildman–Crippen MR) is 123 cm³/mol. The molecule has 0 aromatic heterocycles. The average Bonchev–Trinajstić information content (AvgIpc) is 2.96. The van der Waals surface area contributed by atoms with Crippen LogP contribution in [0.3, 0.4) is 0 Å². The van der Waals surface area contributed by atoms with Crippen LogP contribution in [0, 0.1) is 0 Å². The van der Waals surface area contributed by atoms with E-state index in [-0.39, 0.29) is 16.1 Å². The first-order valence-electron chi connectivity index (χ1n) is 9.83. The van der Waals surface area contributed by atoms with Crippen molar-refractivity contribution < 1.29 is 31.2 Å². The van der Waals surface area contributed by atoms with Gasteiger partial charge < -0.3 is 4.74 Å². The number of carbonyl (C=O) groups is 2. The highest BCUT2D eigenvalue weighted by molar-refractivity contribution is 7.93. The van der Waals surface area contributed by atoms with Crippen LogP contribution in [-0.2, 0) is 29.6 Å². The maximum Gasteiger partial charge on any atom is 0.327 e. The van der Waals surface area contributed by atoms with Gasteiger partial charge in [0.05, 0.1) is 16.8 Å². The summed E-state index contributed by atoms with van der Waals surface area (Å²) in [5.41, 5.74) is 0.875. The summed E-state index contributed by atoms with van der Waals surface area (Å²) in [4.78, 5) is 25.3. The van der Waals surface area contributed by atoms with Crippen LogP contribution in [0.4, 0.5) is 11.4 Å². The Hall–Kier alpha value is -3.44. The summed E-state index contributed by atoms with van der Waals surface area (Å²) in [5, 5.41) is 1.28. The maximum absolute atomic E-state index is 13.0. The summed E-state index contributed by atoms with van der Waals surface area (Å²) in [6.07, 6.45) is -0.165. The number of hydrogen-bond donors (Lipinski definition) is 1. The Kier molecular flexibility index (Phi) is 5.62. The van der Waals surface area contributed by atoms with E-state index in [9.17, 15) is 26.4 Å². The second-order valence-corrected chi connectivity index (χ2v) is 11.2. The minimum Gasteiger partial charge on any atom is -0.453 e. The van der Waals surface area contributed by atoms with E-state index in [1.54, 1.807) is 30.3 Å². The van der Waals surface area contributed by atoms with Crippen molar-refractivity contribution in [2.24, 2.45) is 0 Å². The topological polar surface area (TPSA) is 127 Å². The number of benzene rings is 3. The van der Waals surface area contributed by atoms with E-state index in [0.717, 1.165) is 15.9 Å². The van der Waals surface area contributed by atoms with Crippen molar-refractivity contribution in [2.45, 2.75) is 17.9 Å². The van der Waals surface area contributed by atoms with Crippen molar-refractivity contribution >= 4 is 53.9 Å². The quantitative estimate of drug-likeness (QED) is 0.400. The monoisotopic (exact) mass is 488 g/mol. The number of esters is 1. The molecule has 1 unspecified atom stereocenters. The highest BCUT2D eigenvalue weighted by Gasteiger charge is 2.37. The molecular weight excluding hydrogens is 468 g/mol. The van der Waals surface area contributed by atoms with E-state index in [0.29, 0.717) is 11.1 Å². The van der Waals surface area contributed by atoms with Crippen LogP contribution in [-0.4, -0.2) is 47.5 Å². The van der Waals surface area contributed by atoms with Crippen molar-refractivity contribution in [3.8, 4) is 0 Å². The van der Waals surface area contributed by atoms with Crippen LogP contribution in [0.15, 0.2) is 65.6 Å². The van der Waals surface area contributed by atoms with E-state index in [1.165, 1.54) is 37.3 Å². The lowest BCUT2D eigenvalue weighted by Crippen LogP contribution is -2.36. The molecule has 0 saturated heterocycles. The summed E-state index contributed by atoms with van der Waals surface area (Å²) in [5.74, 6) is -1.39. The number of anilines is 2. The highest BCUT2D eigenvalue weighted by atomic mass is 32.2. The molecule has 1 N–H and O–H groups in total. The maximum atomic E-state index is 13.0. The van der Waals surface area contributed by atoms with Crippen molar-refractivity contribution in [2.75, 3.05) is 21.8 Å². The van der Waals surface area contributed by atoms with Crippen LogP contribution >= 0.6 is 0 Å². The lowest BCUT2D eigenvalue weighted by molar-refractivity contribution is -0.144. The fourth-order valence-electron chi connectivity index (χ4n) is 3.69. The molecule has 3 aromatic rings. The van der Waals surface area contributed by atoms with Crippen LogP contribution in [0.5, 0.6) is 0 Å². The largest absolute Gasteiger partial charge is 0.453 e. The fourth-order valence-corrected chi connectivity index (χ4v) is 5.90. The number of carbonyl (C=O) groups excluding carboxylic acids is 2. The van der Waals surface area contributed by atoms with Crippen molar-refractivity contribution in [1.82, 2.24) is 0 Å². The van der Waals surface area contributed by atoms with Crippen molar-refractivity contribution in [3.05, 3.63) is 66.2 Å². The molecule has 0 spiro atoms. The third-order valence-corrected chi connectivity index (χ3v) is 7.51. The third-order valence-electron chi connectivity index (χ3n) is 5.10. The smallest absolute Gasteiger partial charge is 0.327 e. The summed E-state index contributed by atoms with van der Waals surface area (Å²) >= 11 is 0. The zero-order valence-electron chi connectivity index (χ0n) is 17.7. The van der Waals surface area contributed by atoms with E-state index in [2.05, 4.69) is 4.72 Å². The first-order chi connectivity index (χ1) is 15.5. The van der Waals surface area contributed by atoms with Gasteiger partial charge in [-0.25, -0.2) is 16.8 Å². The molecule has 33 heavy (non-hydrogen) atoms. The van der Waals surface area contributed by atoms with Crippen molar-refractivity contribution in [1.29, 1.82) is 0 Å². The molecule has 1 aliphatic heterocycles. The SMILES string of the molecule is CC(OC(=O)CN1c2cccc3cccc(c23)S1(=O)=O)C(=O)c1ccc(NS(C)(=O)=O)cc1. The lowest BCUT2D eigenvalue weighted by atomic mass is 10.1. The molecule has 1 aliphatic rings. The van der Waals surface area contributed by atoms with Gasteiger partial charge in [0.25, 0.3) is 10.0 Å². The van der Waals surface area contributed by atoms with Crippen LogP contribution in [0.1, 0.15) is 17.3 Å².